The van der Waals surface area contributed by atoms with E-state index in [1.54, 1.807) is 12.4 Å². The fourth-order valence-corrected chi connectivity index (χ4v) is 2.36. The molecular weight excluding hydrogens is 264 g/mol. The summed E-state index contributed by atoms with van der Waals surface area (Å²) in [6.07, 6.45) is 5.31. The second kappa shape index (κ2) is 5.93. The van der Waals surface area contributed by atoms with E-state index in [0.29, 0.717) is 13.2 Å². The van der Waals surface area contributed by atoms with Gasteiger partial charge < -0.3 is 15.0 Å². The highest BCUT2D eigenvalue weighted by Crippen LogP contribution is 2.20. The summed E-state index contributed by atoms with van der Waals surface area (Å²) < 4.78 is 7.53. The number of para-hydroxylation sites is 2. The topological polar surface area (TPSA) is 66.0 Å². The first-order valence-electron chi connectivity index (χ1n) is 7.01. The standard InChI is InChI=1S/C16H18N4O/c1-2-21-13-7-12(8-18-9-13)14(17)10-20-11-19-15-5-3-4-6-16(15)20/h3-9,11,14H,2,10,17H2,1H3. The number of aromatic nitrogens is 3. The first-order chi connectivity index (χ1) is 10.3. The third-order valence-electron chi connectivity index (χ3n) is 3.39. The zero-order chi connectivity index (χ0) is 14.7. The van der Waals surface area contributed by atoms with Gasteiger partial charge in [-0.2, -0.15) is 0 Å². The minimum Gasteiger partial charge on any atom is -0.492 e. The summed E-state index contributed by atoms with van der Waals surface area (Å²) in [5.41, 5.74) is 9.32. The SMILES string of the molecule is CCOc1cncc(C(N)Cn2cnc3ccccc32)c1. The minimum atomic E-state index is -0.157. The molecule has 3 rings (SSSR count). The van der Waals surface area contributed by atoms with Crippen molar-refractivity contribution in [1.29, 1.82) is 0 Å². The molecule has 1 aromatic carbocycles. The number of ether oxygens (including phenoxy) is 1. The van der Waals surface area contributed by atoms with Crippen LogP contribution in [-0.2, 0) is 6.54 Å². The summed E-state index contributed by atoms with van der Waals surface area (Å²) in [5.74, 6) is 0.751. The quantitative estimate of drug-likeness (QED) is 0.781. The largest absolute Gasteiger partial charge is 0.492 e. The Labute approximate surface area is 123 Å². The molecule has 5 nitrogen and oxygen atoms in total. The van der Waals surface area contributed by atoms with Crippen molar-refractivity contribution in [3.05, 3.63) is 54.6 Å². The molecule has 2 aromatic heterocycles. The van der Waals surface area contributed by atoms with Crippen molar-refractivity contribution >= 4 is 11.0 Å². The fraction of sp³-hybridized carbons (Fsp3) is 0.250. The Bertz CT molecular complexity index is 738. The summed E-state index contributed by atoms with van der Waals surface area (Å²) in [4.78, 5) is 8.57. The van der Waals surface area contributed by atoms with E-state index in [-0.39, 0.29) is 6.04 Å². The molecule has 0 spiro atoms. The number of nitrogens with zero attached hydrogens (tertiary/aromatic N) is 3. The van der Waals surface area contributed by atoms with E-state index in [9.17, 15) is 0 Å². The Morgan fingerprint density at radius 1 is 1.29 bits per heavy atom. The molecule has 1 unspecified atom stereocenters. The molecule has 0 saturated carbocycles. The molecule has 21 heavy (non-hydrogen) atoms. The average molecular weight is 282 g/mol. The molecule has 0 aliphatic carbocycles. The minimum absolute atomic E-state index is 0.157. The lowest BCUT2D eigenvalue weighted by atomic mass is 10.1. The summed E-state index contributed by atoms with van der Waals surface area (Å²) in [5, 5.41) is 0. The van der Waals surface area contributed by atoms with Crippen LogP contribution in [0.5, 0.6) is 5.75 Å². The number of hydrogen-bond acceptors (Lipinski definition) is 4. The molecule has 1 atom stereocenters. The molecule has 3 aromatic rings. The van der Waals surface area contributed by atoms with Crippen LogP contribution in [0.3, 0.4) is 0 Å². The monoisotopic (exact) mass is 282 g/mol. The van der Waals surface area contributed by atoms with Gasteiger partial charge in [0.2, 0.25) is 0 Å². The first kappa shape index (κ1) is 13.6. The summed E-state index contributed by atoms with van der Waals surface area (Å²) >= 11 is 0. The van der Waals surface area contributed by atoms with Gasteiger partial charge in [-0.15, -0.1) is 0 Å². The second-order valence-electron chi connectivity index (χ2n) is 4.88. The maximum atomic E-state index is 6.30. The van der Waals surface area contributed by atoms with Crippen LogP contribution in [0.2, 0.25) is 0 Å². The molecule has 0 aliphatic rings. The summed E-state index contributed by atoms with van der Waals surface area (Å²) in [6, 6.07) is 9.81. The number of nitrogens with two attached hydrogens (primary N) is 1. The summed E-state index contributed by atoms with van der Waals surface area (Å²) in [7, 11) is 0. The molecule has 0 radical (unpaired) electrons. The average Bonchev–Trinajstić information content (AvgIpc) is 2.91. The predicted octanol–water partition coefficient (Wildman–Crippen LogP) is 2.53. The van der Waals surface area contributed by atoms with Gasteiger partial charge in [0, 0.05) is 18.8 Å². The predicted molar refractivity (Wildman–Crippen MR) is 82.1 cm³/mol. The molecule has 0 amide bonds. The first-order valence-corrected chi connectivity index (χ1v) is 7.01. The zero-order valence-electron chi connectivity index (χ0n) is 11.9. The molecular formula is C16H18N4O. The van der Waals surface area contributed by atoms with Crippen molar-refractivity contribution in [3.8, 4) is 5.75 Å². The molecule has 5 heteroatoms. The van der Waals surface area contributed by atoms with Crippen LogP contribution in [0.1, 0.15) is 18.5 Å². The number of pyridine rings is 1. The normalized spacial score (nSPS) is 12.5. The highest BCUT2D eigenvalue weighted by Gasteiger charge is 2.10. The Morgan fingerprint density at radius 3 is 3.00 bits per heavy atom. The van der Waals surface area contributed by atoms with Gasteiger partial charge in [0.15, 0.2) is 0 Å². The third-order valence-corrected chi connectivity index (χ3v) is 3.39. The van der Waals surface area contributed by atoms with Gasteiger partial charge in [-0.25, -0.2) is 4.98 Å². The highest BCUT2D eigenvalue weighted by atomic mass is 16.5. The Balaban J connectivity index is 1.82. The van der Waals surface area contributed by atoms with Gasteiger partial charge in [0.05, 0.1) is 30.2 Å². The van der Waals surface area contributed by atoms with Gasteiger partial charge >= 0.3 is 0 Å². The van der Waals surface area contributed by atoms with Crippen LogP contribution >= 0.6 is 0 Å². The Hall–Kier alpha value is -2.40. The van der Waals surface area contributed by atoms with Gasteiger partial charge in [-0.1, -0.05) is 12.1 Å². The maximum absolute atomic E-state index is 6.30. The second-order valence-corrected chi connectivity index (χ2v) is 4.88. The zero-order valence-corrected chi connectivity index (χ0v) is 11.9. The van der Waals surface area contributed by atoms with Gasteiger partial charge in [0.1, 0.15) is 5.75 Å². The van der Waals surface area contributed by atoms with Crippen molar-refractivity contribution in [1.82, 2.24) is 14.5 Å². The lowest BCUT2D eigenvalue weighted by Gasteiger charge is -2.14. The molecule has 0 aliphatic heterocycles. The highest BCUT2D eigenvalue weighted by molar-refractivity contribution is 5.74. The Kier molecular flexibility index (Phi) is 3.83. The summed E-state index contributed by atoms with van der Waals surface area (Å²) in [6.45, 7) is 3.22. The van der Waals surface area contributed by atoms with E-state index in [2.05, 4.69) is 14.5 Å². The molecule has 0 fully saturated rings. The van der Waals surface area contributed by atoms with E-state index in [1.165, 1.54) is 0 Å². The molecule has 2 N–H and O–H groups in total. The molecule has 2 heterocycles. The lowest BCUT2D eigenvalue weighted by molar-refractivity contribution is 0.338. The number of imidazole rings is 1. The van der Waals surface area contributed by atoms with Gasteiger partial charge in [-0.05, 0) is 30.7 Å². The van der Waals surface area contributed by atoms with E-state index in [0.717, 1.165) is 22.3 Å². The molecule has 108 valence electrons. The smallest absolute Gasteiger partial charge is 0.137 e. The fourth-order valence-electron chi connectivity index (χ4n) is 2.36. The Morgan fingerprint density at radius 2 is 2.14 bits per heavy atom. The van der Waals surface area contributed by atoms with E-state index < -0.39 is 0 Å². The van der Waals surface area contributed by atoms with Crippen molar-refractivity contribution in [2.45, 2.75) is 19.5 Å². The van der Waals surface area contributed by atoms with Gasteiger partial charge in [-0.3, -0.25) is 4.98 Å². The van der Waals surface area contributed by atoms with Gasteiger partial charge in [0.25, 0.3) is 0 Å². The van der Waals surface area contributed by atoms with Crippen molar-refractivity contribution in [2.75, 3.05) is 6.61 Å². The molecule has 0 saturated heterocycles. The van der Waals surface area contributed by atoms with Crippen LogP contribution in [0.25, 0.3) is 11.0 Å². The van der Waals surface area contributed by atoms with Crippen molar-refractivity contribution in [3.63, 3.8) is 0 Å². The number of rotatable bonds is 5. The number of benzene rings is 1. The van der Waals surface area contributed by atoms with Crippen LogP contribution in [0, 0.1) is 0 Å². The number of hydrogen-bond donors (Lipinski definition) is 1. The van der Waals surface area contributed by atoms with Crippen LogP contribution in [-0.4, -0.2) is 21.1 Å². The van der Waals surface area contributed by atoms with E-state index >= 15 is 0 Å². The third kappa shape index (κ3) is 2.87. The van der Waals surface area contributed by atoms with Crippen LogP contribution < -0.4 is 10.5 Å². The van der Waals surface area contributed by atoms with Crippen LogP contribution in [0.15, 0.2) is 49.1 Å². The van der Waals surface area contributed by atoms with Crippen molar-refractivity contribution in [2.24, 2.45) is 5.73 Å². The van der Waals surface area contributed by atoms with Crippen LogP contribution in [0.4, 0.5) is 0 Å². The van der Waals surface area contributed by atoms with E-state index in [4.69, 9.17) is 10.5 Å². The van der Waals surface area contributed by atoms with Crippen molar-refractivity contribution < 1.29 is 4.74 Å². The maximum Gasteiger partial charge on any atom is 0.137 e. The van der Waals surface area contributed by atoms with E-state index in [1.807, 2.05) is 43.6 Å². The molecule has 0 bridgehead atoms. The number of fused-ring (bicyclic) bond motifs is 1. The lowest BCUT2D eigenvalue weighted by Crippen LogP contribution is -2.17.